The average Bonchev–Trinajstić information content (AvgIpc) is 3.23. The van der Waals surface area contributed by atoms with Crippen molar-refractivity contribution in [1.29, 1.82) is 0 Å². The number of aromatic nitrogens is 3. The highest BCUT2D eigenvalue weighted by Gasteiger charge is 2.19. The minimum Gasteiger partial charge on any atom is -0.468 e. The van der Waals surface area contributed by atoms with E-state index in [0.717, 1.165) is 33.7 Å². The Bertz CT molecular complexity index is 973. The summed E-state index contributed by atoms with van der Waals surface area (Å²) in [6, 6.07) is 3.81. The van der Waals surface area contributed by atoms with Crippen LogP contribution in [0.5, 0.6) is 0 Å². The normalized spacial score (nSPS) is 12.7. The van der Waals surface area contributed by atoms with Crippen molar-refractivity contribution in [2.24, 2.45) is 7.05 Å². The Labute approximate surface area is 165 Å². The highest BCUT2D eigenvalue weighted by Crippen LogP contribution is 2.26. The molecule has 0 bridgehead atoms. The van der Waals surface area contributed by atoms with Crippen molar-refractivity contribution in [3.63, 3.8) is 0 Å². The standard InChI is InChI=1S/C21H29N5O2/c1-13-16(14(2)23-21-20(13)15(3)24-26(21)6)9-10-19(27)22-12-17(25(4)5)18-8-7-11-28-18/h7-8,11,17H,9-10,12H2,1-6H3,(H,22,27). The number of hydrogen-bond acceptors (Lipinski definition) is 5. The molecule has 0 fully saturated rings. The summed E-state index contributed by atoms with van der Waals surface area (Å²) in [4.78, 5) is 19.2. The van der Waals surface area contributed by atoms with Gasteiger partial charge in [-0.15, -0.1) is 0 Å². The lowest BCUT2D eigenvalue weighted by molar-refractivity contribution is -0.121. The molecule has 3 rings (SSSR count). The van der Waals surface area contributed by atoms with Crippen LogP contribution in [-0.4, -0.2) is 46.2 Å². The van der Waals surface area contributed by atoms with Gasteiger partial charge in [-0.3, -0.25) is 14.4 Å². The van der Waals surface area contributed by atoms with Crippen molar-refractivity contribution < 1.29 is 9.21 Å². The largest absolute Gasteiger partial charge is 0.468 e. The van der Waals surface area contributed by atoms with Crippen LogP contribution in [0.1, 0.15) is 40.7 Å². The first-order valence-corrected chi connectivity index (χ1v) is 9.55. The van der Waals surface area contributed by atoms with Crippen LogP contribution in [0.2, 0.25) is 0 Å². The van der Waals surface area contributed by atoms with Gasteiger partial charge in [-0.25, -0.2) is 4.98 Å². The van der Waals surface area contributed by atoms with Gasteiger partial charge < -0.3 is 9.73 Å². The van der Waals surface area contributed by atoms with Gasteiger partial charge in [0.15, 0.2) is 5.65 Å². The van der Waals surface area contributed by atoms with Gasteiger partial charge in [0.2, 0.25) is 5.91 Å². The predicted octanol–water partition coefficient (Wildman–Crippen LogP) is 2.84. The van der Waals surface area contributed by atoms with E-state index in [1.165, 1.54) is 5.56 Å². The third-order valence-electron chi connectivity index (χ3n) is 5.32. The van der Waals surface area contributed by atoms with E-state index >= 15 is 0 Å². The first kappa shape index (κ1) is 20.1. The Morgan fingerprint density at radius 3 is 2.68 bits per heavy atom. The molecule has 28 heavy (non-hydrogen) atoms. The molecule has 0 aliphatic carbocycles. The molecule has 0 radical (unpaired) electrons. The van der Waals surface area contributed by atoms with Crippen molar-refractivity contribution >= 4 is 16.9 Å². The number of nitrogens with zero attached hydrogens (tertiary/aromatic N) is 4. The molecule has 1 N–H and O–H groups in total. The number of nitrogens with one attached hydrogen (secondary N) is 1. The van der Waals surface area contributed by atoms with Crippen molar-refractivity contribution in [3.05, 3.63) is 46.7 Å². The fourth-order valence-electron chi connectivity index (χ4n) is 3.79. The molecule has 7 nitrogen and oxygen atoms in total. The van der Waals surface area contributed by atoms with Crippen LogP contribution >= 0.6 is 0 Å². The third kappa shape index (κ3) is 3.94. The van der Waals surface area contributed by atoms with Gasteiger partial charge in [-0.05, 0) is 64.5 Å². The number of carbonyl (C=O) groups is 1. The molecule has 150 valence electrons. The van der Waals surface area contributed by atoms with Crippen LogP contribution in [-0.2, 0) is 18.3 Å². The number of rotatable bonds is 7. The summed E-state index contributed by atoms with van der Waals surface area (Å²) < 4.78 is 7.31. The molecule has 0 aliphatic rings. The first-order valence-electron chi connectivity index (χ1n) is 9.55. The molecule has 0 aromatic carbocycles. The van der Waals surface area contributed by atoms with Crippen LogP contribution in [0.4, 0.5) is 0 Å². The molecule has 1 atom stereocenters. The SMILES string of the molecule is Cc1nc2c(c(C)nn2C)c(C)c1CCC(=O)NCC(c1ccco1)N(C)C. The highest BCUT2D eigenvalue weighted by atomic mass is 16.3. The van der Waals surface area contributed by atoms with Gasteiger partial charge in [0.1, 0.15) is 5.76 Å². The average molecular weight is 383 g/mol. The summed E-state index contributed by atoms with van der Waals surface area (Å²) in [5.74, 6) is 0.874. The maximum atomic E-state index is 12.5. The Morgan fingerprint density at radius 2 is 2.04 bits per heavy atom. The minimum absolute atomic E-state index is 0.0125. The molecular weight excluding hydrogens is 354 g/mol. The Balaban J connectivity index is 1.67. The van der Waals surface area contributed by atoms with Gasteiger partial charge in [0, 0.05) is 31.1 Å². The molecule has 3 heterocycles. The second-order valence-corrected chi connectivity index (χ2v) is 7.51. The number of fused-ring (bicyclic) bond motifs is 1. The van der Waals surface area contributed by atoms with Crippen molar-refractivity contribution in [3.8, 4) is 0 Å². The van der Waals surface area contributed by atoms with Crippen LogP contribution in [0.25, 0.3) is 11.0 Å². The van der Waals surface area contributed by atoms with Crippen molar-refractivity contribution in [2.45, 2.75) is 39.7 Å². The minimum atomic E-state index is 0.0125. The van der Waals surface area contributed by atoms with Crippen LogP contribution in [0.3, 0.4) is 0 Å². The van der Waals surface area contributed by atoms with E-state index in [1.54, 1.807) is 6.26 Å². The van der Waals surface area contributed by atoms with Gasteiger partial charge in [0.05, 0.1) is 18.0 Å². The van der Waals surface area contributed by atoms with Gasteiger partial charge in [-0.2, -0.15) is 5.10 Å². The summed E-state index contributed by atoms with van der Waals surface area (Å²) in [5.41, 5.74) is 5.13. The molecule has 3 aromatic heterocycles. The Hall–Kier alpha value is -2.67. The molecule has 0 saturated heterocycles. The fourth-order valence-corrected chi connectivity index (χ4v) is 3.79. The van der Waals surface area contributed by atoms with Crippen LogP contribution in [0, 0.1) is 20.8 Å². The number of amides is 1. The Morgan fingerprint density at radius 1 is 1.29 bits per heavy atom. The number of aryl methyl sites for hydroxylation is 4. The Kier molecular flexibility index (Phi) is 5.84. The lowest BCUT2D eigenvalue weighted by Crippen LogP contribution is -2.34. The maximum absolute atomic E-state index is 12.5. The number of hydrogen-bond donors (Lipinski definition) is 1. The van der Waals surface area contributed by atoms with Gasteiger partial charge in [-0.1, -0.05) is 0 Å². The molecule has 1 unspecified atom stereocenters. The molecule has 3 aromatic rings. The summed E-state index contributed by atoms with van der Waals surface area (Å²) in [6.07, 6.45) is 2.74. The lowest BCUT2D eigenvalue weighted by Gasteiger charge is -2.22. The van der Waals surface area contributed by atoms with E-state index in [4.69, 9.17) is 9.40 Å². The summed E-state index contributed by atoms with van der Waals surface area (Å²) in [5, 5.41) is 8.61. The molecular formula is C21H29N5O2. The molecule has 0 spiro atoms. The predicted molar refractivity (Wildman–Crippen MR) is 109 cm³/mol. The van der Waals surface area contributed by atoms with Crippen LogP contribution in [0.15, 0.2) is 22.8 Å². The van der Waals surface area contributed by atoms with Gasteiger partial charge >= 0.3 is 0 Å². The highest BCUT2D eigenvalue weighted by molar-refractivity contribution is 5.84. The second kappa shape index (κ2) is 8.14. The fraction of sp³-hybridized carbons (Fsp3) is 0.476. The zero-order chi connectivity index (χ0) is 20.4. The lowest BCUT2D eigenvalue weighted by atomic mass is 9.99. The number of pyridine rings is 1. The van der Waals surface area contributed by atoms with Crippen molar-refractivity contribution in [1.82, 2.24) is 25.0 Å². The maximum Gasteiger partial charge on any atom is 0.220 e. The molecule has 1 amide bonds. The van der Waals surface area contributed by atoms with Crippen molar-refractivity contribution in [2.75, 3.05) is 20.6 Å². The van der Waals surface area contributed by atoms with E-state index in [-0.39, 0.29) is 11.9 Å². The van der Waals surface area contributed by atoms with E-state index < -0.39 is 0 Å². The summed E-state index contributed by atoms with van der Waals surface area (Å²) in [6.45, 7) is 6.61. The smallest absolute Gasteiger partial charge is 0.220 e. The quantitative estimate of drug-likeness (QED) is 0.679. The summed E-state index contributed by atoms with van der Waals surface area (Å²) >= 11 is 0. The third-order valence-corrected chi connectivity index (χ3v) is 5.32. The van der Waals surface area contributed by atoms with E-state index in [9.17, 15) is 4.79 Å². The first-order chi connectivity index (χ1) is 13.3. The van der Waals surface area contributed by atoms with E-state index in [1.807, 2.05) is 56.7 Å². The second-order valence-electron chi connectivity index (χ2n) is 7.51. The number of carbonyl (C=O) groups excluding carboxylic acids is 1. The summed E-state index contributed by atoms with van der Waals surface area (Å²) in [7, 11) is 5.86. The zero-order valence-electron chi connectivity index (χ0n) is 17.5. The monoisotopic (exact) mass is 383 g/mol. The molecule has 0 aliphatic heterocycles. The van der Waals surface area contributed by atoms with Crippen LogP contribution < -0.4 is 5.32 Å². The number of likely N-dealkylation sites (N-methyl/N-ethyl adjacent to an activating group) is 1. The number of furan rings is 1. The molecule has 0 saturated carbocycles. The van der Waals surface area contributed by atoms with E-state index in [2.05, 4.69) is 17.3 Å². The zero-order valence-corrected chi connectivity index (χ0v) is 17.5. The van der Waals surface area contributed by atoms with Gasteiger partial charge in [0.25, 0.3) is 0 Å². The molecule has 7 heteroatoms. The topological polar surface area (TPSA) is 76.2 Å². The van der Waals surface area contributed by atoms with E-state index in [0.29, 0.717) is 19.4 Å².